The molecule has 0 aromatic rings. The van der Waals surface area contributed by atoms with Crippen molar-refractivity contribution in [3.63, 3.8) is 0 Å². The number of amidine groups is 1. The minimum Gasteiger partial charge on any atom is -0.409 e. The van der Waals surface area contributed by atoms with Gasteiger partial charge in [0.15, 0.2) is 0 Å². The summed E-state index contributed by atoms with van der Waals surface area (Å²) in [4.78, 5) is 0. The van der Waals surface area contributed by atoms with Crippen molar-refractivity contribution in [1.29, 1.82) is 0 Å². The fraction of sp³-hybridized carbons (Fsp3) is 0.889. The SMILES string of the molecule is COCC(CNCCCC(N)=NO)OC. The molecule has 0 amide bonds. The summed E-state index contributed by atoms with van der Waals surface area (Å²) in [6.07, 6.45) is 1.49. The molecule has 0 spiro atoms. The Bertz CT molecular complexity index is 176. The van der Waals surface area contributed by atoms with Crippen molar-refractivity contribution in [1.82, 2.24) is 5.32 Å². The predicted octanol–water partition coefficient (Wildman–Crippen LogP) is -0.236. The molecule has 0 bridgehead atoms. The molecule has 1 atom stereocenters. The topological polar surface area (TPSA) is 89.1 Å². The molecule has 0 saturated carbocycles. The van der Waals surface area contributed by atoms with Gasteiger partial charge in [-0.3, -0.25) is 0 Å². The third-order valence-electron chi connectivity index (χ3n) is 1.97. The molecule has 0 heterocycles. The molecule has 0 aliphatic rings. The number of nitrogens with zero attached hydrogens (tertiary/aromatic N) is 1. The molecule has 0 aromatic carbocycles. The van der Waals surface area contributed by atoms with E-state index < -0.39 is 0 Å². The van der Waals surface area contributed by atoms with Crippen molar-refractivity contribution in [2.75, 3.05) is 33.9 Å². The van der Waals surface area contributed by atoms with E-state index in [9.17, 15) is 0 Å². The smallest absolute Gasteiger partial charge is 0.139 e. The summed E-state index contributed by atoms with van der Waals surface area (Å²) in [6.45, 7) is 2.12. The van der Waals surface area contributed by atoms with Crippen LogP contribution in [0.4, 0.5) is 0 Å². The van der Waals surface area contributed by atoms with Gasteiger partial charge in [-0.05, 0) is 13.0 Å². The van der Waals surface area contributed by atoms with Gasteiger partial charge in [0.25, 0.3) is 0 Å². The highest BCUT2D eigenvalue weighted by Gasteiger charge is 2.05. The molecule has 6 nitrogen and oxygen atoms in total. The highest BCUT2D eigenvalue weighted by molar-refractivity contribution is 5.79. The highest BCUT2D eigenvalue weighted by Crippen LogP contribution is 1.90. The molecule has 0 aliphatic heterocycles. The Hall–Kier alpha value is -0.850. The van der Waals surface area contributed by atoms with Crippen molar-refractivity contribution in [2.45, 2.75) is 18.9 Å². The van der Waals surface area contributed by atoms with Crippen LogP contribution in [0.25, 0.3) is 0 Å². The van der Waals surface area contributed by atoms with E-state index in [4.69, 9.17) is 20.4 Å². The lowest BCUT2D eigenvalue weighted by atomic mass is 10.3. The van der Waals surface area contributed by atoms with Gasteiger partial charge in [-0.25, -0.2) is 0 Å². The fourth-order valence-electron chi connectivity index (χ4n) is 1.10. The number of nitrogens with one attached hydrogen (secondary N) is 1. The van der Waals surface area contributed by atoms with E-state index >= 15 is 0 Å². The predicted molar refractivity (Wildman–Crippen MR) is 58.2 cm³/mol. The zero-order valence-corrected chi connectivity index (χ0v) is 9.40. The lowest BCUT2D eigenvalue weighted by Gasteiger charge is -2.14. The normalized spacial score (nSPS) is 14.1. The van der Waals surface area contributed by atoms with Gasteiger partial charge < -0.3 is 25.7 Å². The Morgan fingerprint density at radius 2 is 2.27 bits per heavy atom. The van der Waals surface area contributed by atoms with Crippen molar-refractivity contribution in [2.24, 2.45) is 10.9 Å². The minimum atomic E-state index is 0.0684. The summed E-state index contributed by atoms with van der Waals surface area (Å²) in [5.74, 6) is 0.261. The zero-order valence-electron chi connectivity index (χ0n) is 9.40. The summed E-state index contributed by atoms with van der Waals surface area (Å²) >= 11 is 0. The van der Waals surface area contributed by atoms with Gasteiger partial charge in [0.05, 0.1) is 12.7 Å². The number of nitrogens with two attached hydrogens (primary N) is 1. The van der Waals surface area contributed by atoms with E-state index in [0.29, 0.717) is 13.0 Å². The zero-order chi connectivity index (χ0) is 11.5. The van der Waals surface area contributed by atoms with Crippen molar-refractivity contribution < 1.29 is 14.7 Å². The maximum absolute atomic E-state index is 8.29. The van der Waals surface area contributed by atoms with Crippen LogP contribution >= 0.6 is 0 Å². The molecule has 0 saturated heterocycles. The number of oxime groups is 1. The Morgan fingerprint density at radius 1 is 1.53 bits per heavy atom. The van der Waals surface area contributed by atoms with Crippen LogP contribution in [0, 0.1) is 0 Å². The quantitative estimate of drug-likeness (QED) is 0.164. The van der Waals surface area contributed by atoms with E-state index in [1.165, 1.54) is 0 Å². The molecule has 4 N–H and O–H groups in total. The summed E-state index contributed by atoms with van der Waals surface area (Å²) in [5.41, 5.74) is 5.32. The Balaban J connectivity index is 3.36. The molecule has 6 heteroatoms. The average molecular weight is 219 g/mol. The molecular weight excluding hydrogens is 198 g/mol. The van der Waals surface area contributed by atoms with Crippen LogP contribution in [-0.4, -0.2) is 51.1 Å². The highest BCUT2D eigenvalue weighted by atomic mass is 16.5. The first-order valence-electron chi connectivity index (χ1n) is 4.93. The first-order valence-corrected chi connectivity index (χ1v) is 4.93. The average Bonchev–Trinajstić information content (AvgIpc) is 2.26. The minimum absolute atomic E-state index is 0.0684. The van der Waals surface area contributed by atoms with Crippen molar-refractivity contribution in [3.8, 4) is 0 Å². The van der Waals surface area contributed by atoms with Gasteiger partial charge in [-0.15, -0.1) is 0 Å². The summed E-state index contributed by atoms with van der Waals surface area (Å²) in [6, 6.07) is 0. The van der Waals surface area contributed by atoms with Gasteiger partial charge in [0.2, 0.25) is 0 Å². The lowest BCUT2D eigenvalue weighted by Crippen LogP contribution is -2.32. The van der Waals surface area contributed by atoms with E-state index in [1.807, 2.05) is 0 Å². The third-order valence-corrected chi connectivity index (χ3v) is 1.97. The number of rotatable bonds is 9. The number of methoxy groups -OCH3 is 2. The van der Waals surface area contributed by atoms with Gasteiger partial charge >= 0.3 is 0 Å². The maximum atomic E-state index is 8.29. The summed E-state index contributed by atoms with van der Waals surface area (Å²) in [7, 11) is 3.30. The van der Waals surface area contributed by atoms with Crippen LogP contribution in [0.2, 0.25) is 0 Å². The van der Waals surface area contributed by atoms with Crippen molar-refractivity contribution in [3.05, 3.63) is 0 Å². The summed E-state index contributed by atoms with van der Waals surface area (Å²) < 4.78 is 10.1. The Kier molecular flexibility index (Phi) is 9.15. The molecular formula is C9H21N3O3. The van der Waals surface area contributed by atoms with Crippen LogP contribution in [0.15, 0.2) is 5.16 Å². The Morgan fingerprint density at radius 3 is 2.80 bits per heavy atom. The van der Waals surface area contributed by atoms with E-state index in [0.717, 1.165) is 19.5 Å². The first kappa shape index (κ1) is 14.2. The number of ether oxygens (including phenoxy) is 2. The van der Waals surface area contributed by atoms with E-state index in [2.05, 4.69) is 10.5 Å². The molecule has 15 heavy (non-hydrogen) atoms. The third kappa shape index (κ3) is 8.17. The van der Waals surface area contributed by atoms with Crippen LogP contribution in [-0.2, 0) is 9.47 Å². The van der Waals surface area contributed by atoms with Crippen molar-refractivity contribution >= 4 is 5.84 Å². The second-order valence-electron chi connectivity index (χ2n) is 3.21. The molecule has 0 radical (unpaired) electrons. The monoisotopic (exact) mass is 219 g/mol. The van der Waals surface area contributed by atoms with E-state index in [1.54, 1.807) is 14.2 Å². The van der Waals surface area contributed by atoms with Gasteiger partial charge in [-0.2, -0.15) is 0 Å². The molecule has 1 unspecified atom stereocenters. The molecule has 0 fully saturated rings. The van der Waals surface area contributed by atoms with Gasteiger partial charge in [0.1, 0.15) is 5.84 Å². The van der Waals surface area contributed by atoms with Crippen LogP contribution in [0.5, 0.6) is 0 Å². The van der Waals surface area contributed by atoms with E-state index in [-0.39, 0.29) is 11.9 Å². The fourth-order valence-corrected chi connectivity index (χ4v) is 1.10. The maximum Gasteiger partial charge on any atom is 0.139 e. The first-order chi connectivity index (χ1) is 7.24. The summed E-state index contributed by atoms with van der Waals surface area (Å²) in [5, 5.41) is 14.4. The standard InChI is InChI=1S/C9H21N3O3/c1-14-7-8(15-2)6-11-5-3-4-9(10)12-13/h8,11,13H,3-7H2,1-2H3,(H2,10,12). The lowest BCUT2D eigenvalue weighted by molar-refractivity contribution is 0.0290. The largest absolute Gasteiger partial charge is 0.409 e. The van der Waals surface area contributed by atoms with Crippen LogP contribution in [0.3, 0.4) is 0 Å². The molecule has 0 rings (SSSR count). The van der Waals surface area contributed by atoms with Crippen LogP contribution < -0.4 is 11.1 Å². The Labute approximate surface area is 90.4 Å². The van der Waals surface area contributed by atoms with Gasteiger partial charge in [-0.1, -0.05) is 5.16 Å². The number of hydrogen-bond acceptors (Lipinski definition) is 5. The van der Waals surface area contributed by atoms with Crippen LogP contribution in [0.1, 0.15) is 12.8 Å². The molecule has 0 aliphatic carbocycles. The second kappa shape index (κ2) is 9.70. The molecule has 0 aromatic heterocycles. The molecule has 90 valence electrons. The number of hydrogen-bond donors (Lipinski definition) is 3. The van der Waals surface area contributed by atoms with Gasteiger partial charge in [0, 0.05) is 27.2 Å². The second-order valence-corrected chi connectivity index (χ2v) is 3.21.